The third-order valence-electron chi connectivity index (χ3n) is 6.18. The zero-order valence-electron chi connectivity index (χ0n) is 17.8. The summed E-state index contributed by atoms with van der Waals surface area (Å²) in [5, 5.41) is 0. The van der Waals surface area contributed by atoms with Crippen LogP contribution in [0.15, 0.2) is 60.7 Å². The Morgan fingerprint density at radius 2 is 1.43 bits per heavy atom. The van der Waals surface area contributed by atoms with E-state index in [1.165, 1.54) is 17.5 Å². The van der Waals surface area contributed by atoms with Crippen LogP contribution in [0.5, 0.6) is 0 Å². The highest BCUT2D eigenvalue weighted by Crippen LogP contribution is 2.18. The van der Waals surface area contributed by atoms with E-state index < -0.39 is 0 Å². The van der Waals surface area contributed by atoms with E-state index in [0.29, 0.717) is 6.61 Å². The summed E-state index contributed by atoms with van der Waals surface area (Å²) in [7, 11) is 0. The molecule has 0 spiro atoms. The molecule has 2 saturated heterocycles. The number of hydrogen-bond donors (Lipinski definition) is 0. The van der Waals surface area contributed by atoms with Crippen molar-refractivity contribution >= 4 is 6.09 Å². The maximum Gasteiger partial charge on any atom is 0.409 e. The first-order valence-electron chi connectivity index (χ1n) is 11.2. The molecule has 0 radical (unpaired) electrons. The topological polar surface area (TPSA) is 36.0 Å². The minimum atomic E-state index is -0.144. The van der Waals surface area contributed by atoms with Crippen LogP contribution in [0.1, 0.15) is 30.4 Å². The molecule has 5 heteroatoms. The SMILES string of the molecule is O=C(OCC1CN(Cc2ccccc2)CCN1Cc1ccccc1)N1CCCCC1. The molecule has 2 aliphatic heterocycles. The minimum Gasteiger partial charge on any atom is -0.448 e. The molecule has 2 fully saturated rings. The van der Waals surface area contributed by atoms with Crippen molar-refractivity contribution in [3.8, 4) is 0 Å². The molecule has 2 aliphatic rings. The van der Waals surface area contributed by atoms with Crippen molar-refractivity contribution in [2.24, 2.45) is 0 Å². The van der Waals surface area contributed by atoms with Crippen LogP contribution >= 0.6 is 0 Å². The van der Waals surface area contributed by atoms with E-state index in [0.717, 1.165) is 58.7 Å². The van der Waals surface area contributed by atoms with Gasteiger partial charge in [0, 0.05) is 45.8 Å². The summed E-state index contributed by atoms with van der Waals surface area (Å²) in [6.45, 7) is 6.87. The number of hydrogen-bond acceptors (Lipinski definition) is 4. The Morgan fingerprint density at radius 3 is 2.10 bits per heavy atom. The Balaban J connectivity index is 1.38. The van der Waals surface area contributed by atoms with Gasteiger partial charge in [-0.05, 0) is 30.4 Å². The summed E-state index contributed by atoms with van der Waals surface area (Å²) in [6, 6.07) is 21.4. The largest absolute Gasteiger partial charge is 0.448 e. The lowest BCUT2D eigenvalue weighted by Crippen LogP contribution is -2.54. The second-order valence-corrected chi connectivity index (χ2v) is 8.46. The molecule has 1 atom stereocenters. The van der Waals surface area contributed by atoms with Crippen molar-refractivity contribution in [1.82, 2.24) is 14.7 Å². The average Bonchev–Trinajstić information content (AvgIpc) is 2.81. The summed E-state index contributed by atoms with van der Waals surface area (Å²) >= 11 is 0. The van der Waals surface area contributed by atoms with Crippen molar-refractivity contribution in [2.75, 3.05) is 39.3 Å². The highest BCUT2D eigenvalue weighted by atomic mass is 16.6. The number of rotatable bonds is 6. The van der Waals surface area contributed by atoms with Crippen molar-refractivity contribution in [3.05, 3.63) is 71.8 Å². The van der Waals surface area contributed by atoms with Crippen LogP contribution in [0.3, 0.4) is 0 Å². The highest BCUT2D eigenvalue weighted by molar-refractivity contribution is 5.67. The van der Waals surface area contributed by atoms with E-state index in [-0.39, 0.29) is 12.1 Å². The van der Waals surface area contributed by atoms with E-state index in [9.17, 15) is 4.79 Å². The normalized spacial score (nSPS) is 20.8. The Morgan fingerprint density at radius 1 is 0.800 bits per heavy atom. The molecule has 1 amide bonds. The van der Waals surface area contributed by atoms with Crippen molar-refractivity contribution in [3.63, 3.8) is 0 Å². The lowest BCUT2D eigenvalue weighted by atomic mass is 10.1. The van der Waals surface area contributed by atoms with E-state index in [1.54, 1.807) is 0 Å². The molecule has 2 aromatic carbocycles. The Kier molecular flexibility index (Phi) is 7.38. The van der Waals surface area contributed by atoms with Gasteiger partial charge >= 0.3 is 6.09 Å². The van der Waals surface area contributed by atoms with E-state index in [1.807, 2.05) is 4.90 Å². The molecule has 2 aromatic rings. The minimum absolute atomic E-state index is 0.144. The molecule has 1 unspecified atom stereocenters. The first-order chi connectivity index (χ1) is 14.8. The second kappa shape index (κ2) is 10.6. The van der Waals surface area contributed by atoms with Gasteiger partial charge in [-0.15, -0.1) is 0 Å². The lowest BCUT2D eigenvalue weighted by molar-refractivity contribution is 0.0133. The van der Waals surface area contributed by atoms with Crippen LogP contribution in [-0.2, 0) is 17.8 Å². The number of likely N-dealkylation sites (tertiary alicyclic amines) is 1. The molecule has 30 heavy (non-hydrogen) atoms. The highest BCUT2D eigenvalue weighted by Gasteiger charge is 2.29. The quantitative estimate of drug-likeness (QED) is 0.725. The average molecular weight is 408 g/mol. The van der Waals surface area contributed by atoms with Crippen LogP contribution in [0.25, 0.3) is 0 Å². The summed E-state index contributed by atoms with van der Waals surface area (Å²) in [6.07, 6.45) is 3.24. The summed E-state index contributed by atoms with van der Waals surface area (Å²) in [5.74, 6) is 0. The summed E-state index contributed by atoms with van der Waals surface area (Å²) < 4.78 is 5.81. The monoisotopic (exact) mass is 407 g/mol. The van der Waals surface area contributed by atoms with Crippen LogP contribution in [0.4, 0.5) is 4.79 Å². The van der Waals surface area contributed by atoms with Gasteiger partial charge in [0.15, 0.2) is 0 Å². The predicted octanol–water partition coefficient (Wildman–Crippen LogP) is 4.00. The predicted molar refractivity (Wildman–Crippen MR) is 119 cm³/mol. The number of benzene rings is 2. The Labute approximate surface area is 180 Å². The maximum atomic E-state index is 12.5. The maximum absolute atomic E-state index is 12.5. The molecular weight excluding hydrogens is 374 g/mol. The van der Waals surface area contributed by atoms with Crippen molar-refractivity contribution < 1.29 is 9.53 Å². The van der Waals surface area contributed by atoms with Gasteiger partial charge in [-0.3, -0.25) is 9.80 Å². The number of carbonyl (C=O) groups excluding carboxylic acids is 1. The zero-order valence-corrected chi connectivity index (χ0v) is 17.8. The fraction of sp³-hybridized carbons (Fsp3) is 0.480. The summed E-state index contributed by atoms with van der Waals surface area (Å²) in [5.41, 5.74) is 2.64. The van der Waals surface area contributed by atoms with Crippen molar-refractivity contribution in [1.29, 1.82) is 0 Å². The number of nitrogens with zero attached hydrogens (tertiary/aromatic N) is 3. The van der Waals surface area contributed by atoms with Crippen LogP contribution < -0.4 is 0 Å². The van der Waals surface area contributed by atoms with Gasteiger partial charge in [0.2, 0.25) is 0 Å². The van der Waals surface area contributed by atoms with Crippen LogP contribution in [0.2, 0.25) is 0 Å². The Hall–Kier alpha value is -2.37. The first kappa shape index (κ1) is 20.9. The van der Waals surface area contributed by atoms with Gasteiger partial charge in [-0.2, -0.15) is 0 Å². The number of piperidine rings is 1. The van der Waals surface area contributed by atoms with Gasteiger partial charge in [-0.25, -0.2) is 4.79 Å². The lowest BCUT2D eigenvalue weighted by Gasteiger charge is -2.41. The molecule has 0 bridgehead atoms. The number of piperazine rings is 1. The van der Waals surface area contributed by atoms with Crippen LogP contribution in [-0.4, -0.2) is 66.2 Å². The fourth-order valence-corrected chi connectivity index (χ4v) is 4.46. The molecule has 0 saturated carbocycles. The second-order valence-electron chi connectivity index (χ2n) is 8.46. The molecular formula is C25H33N3O2. The van der Waals surface area contributed by atoms with E-state index in [2.05, 4.69) is 70.5 Å². The van der Waals surface area contributed by atoms with Gasteiger partial charge in [0.1, 0.15) is 6.61 Å². The van der Waals surface area contributed by atoms with Gasteiger partial charge in [0.25, 0.3) is 0 Å². The van der Waals surface area contributed by atoms with Gasteiger partial charge in [0.05, 0.1) is 6.04 Å². The molecule has 2 heterocycles. The van der Waals surface area contributed by atoms with Gasteiger partial charge < -0.3 is 9.64 Å². The summed E-state index contributed by atoms with van der Waals surface area (Å²) in [4.78, 5) is 19.4. The number of carbonyl (C=O) groups is 1. The molecule has 4 rings (SSSR count). The first-order valence-corrected chi connectivity index (χ1v) is 11.2. The molecule has 160 valence electrons. The smallest absolute Gasteiger partial charge is 0.409 e. The molecule has 0 aliphatic carbocycles. The zero-order chi connectivity index (χ0) is 20.6. The fourth-order valence-electron chi connectivity index (χ4n) is 4.46. The number of ether oxygens (including phenoxy) is 1. The molecule has 5 nitrogen and oxygen atoms in total. The molecule has 0 N–H and O–H groups in total. The third-order valence-corrected chi connectivity index (χ3v) is 6.18. The Bertz CT molecular complexity index is 777. The third kappa shape index (κ3) is 5.83. The molecule has 0 aromatic heterocycles. The van der Waals surface area contributed by atoms with E-state index >= 15 is 0 Å². The standard InChI is InChI=1S/C25H33N3O2/c29-25(27-14-8-3-9-15-27)30-21-24-20-26(18-22-10-4-1-5-11-22)16-17-28(24)19-23-12-6-2-7-13-23/h1-2,4-7,10-13,24H,3,8-9,14-21H2. The van der Waals surface area contributed by atoms with Crippen molar-refractivity contribution in [2.45, 2.75) is 38.4 Å². The number of amides is 1. The van der Waals surface area contributed by atoms with E-state index in [4.69, 9.17) is 4.74 Å². The van der Waals surface area contributed by atoms with Crippen LogP contribution in [0, 0.1) is 0 Å². The van der Waals surface area contributed by atoms with Gasteiger partial charge in [-0.1, -0.05) is 60.7 Å².